The van der Waals surface area contributed by atoms with Gasteiger partial charge in [-0.25, -0.2) is 10.3 Å². The van der Waals surface area contributed by atoms with Gasteiger partial charge in [0.25, 0.3) is 17.3 Å². The number of azo groups is 1. The van der Waals surface area contributed by atoms with Gasteiger partial charge >= 0.3 is 5.97 Å². The molecule has 0 aliphatic rings. The molecule has 1 N–H and O–H groups in total. The van der Waals surface area contributed by atoms with E-state index in [4.69, 9.17) is 16.4 Å². The molecule has 0 spiro atoms. The highest BCUT2D eigenvalue weighted by atomic mass is 35.5. The zero-order chi connectivity index (χ0) is 24.0. The summed E-state index contributed by atoms with van der Waals surface area (Å²) in [5.74, 6) is -1.68. The molecule has 0 bridgehead atoms. The van der Waals surface area contributed by atoms with Gasteiger partial charge in [0.15, 0.2) is 0 Å². The number of non-ortho nitro benzene ring substituents is 1. The predicted octanol–water partition coefficient (Wildman–Crippen LogP) is 5.26. The Morgan fingerprint density at radius 3 is 2.18 bits per heavy atom. The van der Waals surface area contributed by atoms with Crippen LogP contribution in [0.4, 0.5) is 22.7 Å². The minimum atomic E-state index is -1.12. The summed E-state index contributed by atoms with van der Waals surface area (Å²) >= 11 is 5.77. The van der Waals surface area contributed by atoms with Gasteiger partial charge < -0.3 is 4.84 Å². The zero-order valence-corrected chi connectivity index (χ0v) is 17.1. The van der Waals surface area contributed by atoms with E-state index >= 15 is 0 Å². The van der Waals surface area contributed by atoms with Crippen molar-refractivity contribution in [3.63, 3.8) is 0 Å². The number of anilines is 1. The number of nitro benzene ring substituents is 2. The number of rotatable bonds is 7. The smallest absolute Gasteiger partial charge is 0.338 e. The summed E-state index contributed by atoms with van der Waals surface area (Å²) in [6, 6.07) is 14.6. The van der Waals surface area contributed by atoms with E-state index in [-0.39, 0.29) is 5.69 Å². The molecule has 0 aromatic heterocycles. The molecule has 0 fully saturated rings. The monoisotopic (exact) mass is 469 g/mol. The summed E-state index contributed by atoms with van der Waals surface area (Å²) in [4.78, 5) is 49.2. The van der Waals surface area contributed by atoms with E-state index in [0.717, 1.165) is 12.1 Å². The highest BCUT2D eigenvalue weighted by molar-refractivity contribution is 6.30. The molecule has 33 heavy (non-hydrogen) atoms. The van der Waals surface area contributed by atoms with E-state index in [0.29, 0.717) is 22.3 Å². The maximum Gasteiger partial charge on any atom is 0.369 e. The van der Waals surface area contributed by atoms with Crippen LogP contribution in [-0.4, -0.2) is 21.7 Å². The average molecular weight is 470 g/mol. The van der Waals surface area contributed by atoms with Gasteiger partial charge in [0, 0.05) is 16.7 Å². The first-order valence-electron chi connectivity index (χ1n) is 8.96. The van der Waals surface area contributed by atoms with Gasteiger partial charge in [-0.1, -0.05) is 11.6 Å². The van der Waals surface area contributed by atoms with Crippen LogP contribution in [0.5, 0.6) is 0 Å². The quantitative estimate of drug-likeness (QED) is 0.277. The molecule has 3 rings (SSSR count). The zero-order valence-electron chi connectivity index (χ0n) is 16.4. The molecule has 0 unspecified atom stereocenters. The van der Waals surface area contributed by atoms with E-state index in [1.54, 1.807) is 12.1 Å². The van der Waals surface area contributed by atoms with Crippen molar-refractivity contribution in [2.24, 2.45) is 10.2 Å². The van der Waals surface area contributed by atoms with Gasteiger partial charge in [-0.2, -0.15) is 0 Å². The number of benzene rings is 3. The molecule has 0 saturated carbocycles. The molecular weight excluding hydrogens is 458 g/mol. The second-order valence-corrected chi connectivity index (χ2v) is 6.70. The summed E-state index contributed by atoms with van der Waals surface area (Å²) in [6.07, 6.45) is 0. The van der Waals surface area contributed by atoms with Gasteiger partial charge in [-0.05, 0) is 54.6 Å². The number of carbonyl (C=O) groups is 2. The van der Waals surface area contributed by atoms with Crippen LogP contribution in [0.3, 0.4) is 0 Å². The topological polar surface area (TPSA) is 166 Å². The number of hydrogen-bond donors (Lipinski definition) is 1. The fraction of sp³-hybridized carbons (Fsp3) is 0. The van der Waals surface area contributed by atoms with Crippen LogP contribution in [0.25, 0.3) is 0 Å². The van der Waals surface area contributed by atoms with Crippen LogP contribution in [-0.2, 0) is 4.84 Å². The number of halogens is 1. The standard InChI is InChI=1S/C20H12ClN5O7/c21-13-3-1-12(2-4-13)19(27)23-22-14-5-7-15(8-6-14)24-33-20(28)17-10-9-16(25(29)30)11-18(17)26(31)32/h1-11,24H. The van der Waals surface area contributed by atoms with E-state index in [1.165, 1.54) is 36.4 Å². The third-order valence-electron chi connectivity index (χ3n) is 4.09. The Hall–Kier alpha value is -4.71. The normalized spacial score (nSPS) is 10.6. The van der Waals surface area contributed by atoms with Crippen LogP contribution in [0.2, 0.25) is 5.02 Å². The summed E-state index contributed by atoms with van der Waals surface area (Å²) < 4.78 is 0. The fourth-order valence-electron chi connectivity index (χ4n) is 2.47. The minimum Gasteiger partial charge on any atom is -0.338 e. The van der Waals surface area contributed by atoms with Gasteiger partial charge in [0.05, 0.1) is 27.3 Å². The first-order chi connectivity index (χ1) is 15.7. The Morgan fingerprint density at radius 2 is 1.58 bits per heavy atom. The Morgan fingerprint density at radius 1 is 0.909 bits per heavy atom. The molecule has 13 heteroatoms. The third kappa shape index (κ3) is 5.92. The van der Waals surface area contributed by atoms with E-state index in [1.807, 2.05) is 0 Å². The first kappa shape index (κ1) is 23.0. The molecule has 12 nitrogen and oxygen atoms in total. The Bertz CT molecular complexity index is 1260. The van der Waals surface area contributed by atoms with Crippen LogP contribution in [0, 0.1) is 20.2 Å². The molecular formula is C20H12ClN5O7. The molecule has 0 atom stereocenters. The third-order valence-corrected chi connectivity index (χ3v) is 4.34. The lowest BCUT2D eigenvalue weighted by molar-refractivity contribution is -0.394. The first-order valence-corrected chi connectivity index (χ1v) is 9.34. The largest absolute Gasteiger partial charge is 0.369 e. The molecule has 0 radical (unpaired) electrons. The van der Waals surface area contributed by atoms with Crippen LogP contribution >= 0.6 is 11.6 Å². The lowest BCUT2D eigenvalue weighted by Gasteiger charge is -2.07. The molecule has 166 valence electrons. The minimum absolute atomic E-state index is 0.288. The van der Waals surface area contributed by atoms with Gasteiger partial charge in [0.1, 0.15) is 5.56 Å². The molecule has 0 saturated heterocycles. The average Bonchev–Trinajstić information content (AvgIpc) is 2.81. The van der Waals surface area contributed by atoms with Crippen molar-refractivity contribution in [3.8, 4) is 0 Å². The highest BCUT2D eigenvalue weighted by Gasteiger charge is 2.25. The number of nitro groups is 2. The lowest BCUT2D eigenvalue weighted by atomic mass is 10.1. The van der Waals surface area contributed by atoms with Crippen molar-refractivity contribution in [1.82, 2.24) is 0 Å². The van der Waals surface area contributed by atoms with Crippen LogP contribution in [0.15, 0.2) is 77.0 Å². The van der Waals surface area contributed by atoms with E-state index < -0.39 is 38.7 Å². The van der Waals surface area contributed by atoms with Gasteiger partial charge in [-0.3, -0.25) is 25.0 Å². The SMILES string of the molecule is O=C(N=Nc1ccc(NOC(=O)c2ccc([N+](=O)[O-])cc2[N+](=O)[O-])cc1)c1ccc(Cl)cc1. The van der Waals surface area contributed by atoms with Crippen molar-refractivity contribution in [2.45, 2.75) is 0 Å². The summed E-state index contributed by atoms with van der Waals surface area (Å²) in [5, 5.41) is 29.8. The molecule has 1 amide bonds. The lowest BCUT2D eigenvalue weighted by Crippen LogP contribution is -2.12. The Kier molecular flexibility index (Phi) is 7.00. The molecule has 0 heterocycles. The predicted molar refractivity (Wildman–Crippen MR) is 116 cm³/mol. The van der Waals surface area contributed by atoms with Crippen molar-refractivity contribution in [3.05, 3.63) is 103 Å². The summed E-state index contributed by atoms with van der Waals surface area (Å²) in [6.45, 7) is 0. The number of nitrogens with one attached hydrogen (secondary N) is 1. The summed E-state index contributed by atoms with van der Waals surface area (Å²) in [5.41, 5.74) is 1.48. The summed E-state index contributed by atoms with van der Waals surface area (Å²) in [7, 11) is 0. The fourth-order valence-corrected chi connectivity index (χ4v) is 2.59. The van der Waals surface area contributed by atoms with E-state index in [9.17, 15) is 29.8 Å². The number of nitrogens with zero attached hydrogens (tertiary/aromatic N) is 4. The van der Waals surface area contributed by atoms with Crippen molar-refractivity contribution >= 4 is 46.2 Å². The van der Waals surface area contributed by atoms with Crippen LogP contribution in [0.1, 0.15) is 20.7 Å². The van der Waals surface area contributed by atoms with Crippen molar-refractivity contribution in [2.75, 3.05) is 5.48 Å². The molecule has 0 aliphatic heterocycles. The van der Waals surface area contributed by atoms with Crippen molar-refractivity contribution in [1.29, 1.82) is 0 Å². The molecule has 0 aliphatic carbocycles. The molecule has 3 aromatic rings. The maximum atomic E-state index is 12.2. The number of amides is 1. The number of hydrogen-bond acceptors (Lipinski definition) is 9. The second-order valence-electron chi connectivity index (χ2n) is 6.27. The second kappa shape index (κ2) is 10.1. The highest BCUT2D eigenvalue weighted by Crippen LogP contribution is 2.25. The van der Waals surface area contributed by atoms with Crippen LogP contribution < -0.4 is 5.48 Å². The Labute approximate surface area is 189 Å². The molecule has 3 aromatic carbocycles. The Balaban J connectivity index is 1.63. The number of carbonyl (C=O) groups excluding carboxylic acids is 2. The van der Waals surface area contributed by atoms with Gasteiger partial charge in [-0.15, -0.1) is 10.2 Å². The van der Waals surface area contributed by atoms with Gasteiger partial charge in [0.2, 0.25) is 0 Å². The van der Waals surface area contributed by atoms with Crippen molar-refractivity contribution < 1.29 is 24.3 Å². The van der Waals surface area contributed by atoms with E-state index in [2.05, 4.69) is 15.7 Å². The maximum absolute atomic E-state index is 12.2.